The molecule has 0 saturated heterocycles. The van der Waals surface area contributed by atoms with E-state index in [0.29, 0.717) is 27.7 Å². The standard InChI is InChI=1S/C21H24N4O3S/c1-11-7-9-15(10-8-11)19-23-24-21(25(19)5)29-14(4)18(26)17-12(2)16(13(3)22-17)20(27)28-6/h7-10,14,22H,1-6H3. The van der Waals surface area contributed by atoms with Gasteiger partial charge in [-0.05, 0) is 33.3 Å². The van der Waals surface area contributed by atoms with Crippen LogP contribution < -0.4 is 0 Å². The van der Waals surface area contributed by atoms with Gasteiger partial charge in [-0.1, -0.05) is 41.6 Å². The Morgan fingerprint density at radius 1 is 1.14 bits per heavy atom. The molecule has 152 valence electrons. The highest BCUT2D eigenvalue weighted by Gasteiger charge is 2.27. The summed E-state index contributed by atoms with van der Waals surface area (Å²) >= 11 is 1.33. The van der Waals surface area contributed by atoms with Gasteiger partial charge >= 0.3 is 5.97 Å². The number of carbonyl (C=O) groups is 2. The number of Topliss-reactive ketones (excluding diaryl/α,β-unsaturated/α-hetero) is 1. The SMILES string of the molecule is COC(=O)c1c(C)[nH]c(C(=O)C(C)Sc2nnc(-c3ccc(C)cc3)n2C)c1C. The van der Waals surface area contributed by atoms with Crippen molar-refractivity contribution in [3.63, 3.8) is 0 Å². The van der Waals surface area contributed by atoms with Crippen molar-refractivity contribution in [3.8, 4) is 11.4 Å². The van der Waals surface area contributed by atoms with E-state index >= 15 is 0 Å². The summed E-state index contributed by atoms with van der Waals surface area (Å²) in [5.41, 5.74) is 4.19. The van der Waals surface area contributed by atoms with Crippen molar-refractivity contribution in [1.82, 2.24) is 19.7 Å². The zero-order valence-electron chi connectivity index (χ0n) is 17.4. The first-order valence-electron chi connectivity index (χ1n) is 9.19. The van der Waals surface area contributed by atoms with Gasteiger partial charge in [0.05, 0.1) is 23.6 Å². The van der Waals surface area contributed by atoms with Gasteiger partial charge in [0.25, 0.3) is 0 Å². The van der Waals surface area contributed by atoms with Crippen LogP contribution in [0.25, 0.3) is 11.4 Å². The average Bonchev–Trinajstić information content (AvgIpc) is 3.20. The lowest BCUT2D eigenvalue weighted by Gasteiger charge is -2.10. The van der Waals surface area contributed by atoms with Crippen LogP contribution in [0.4, 0.5) is 0 Å². The largest absolute Gasteiger partial charge is 0.465 e. The molecular formula is C21H24N4O3S. The summed E-state index contributed by atoms with van der Waals surface area (Å²) < 4.78 is 6.70. The van der Waals surface area contributed by atoms with Gasteiger partial charge in [-0.25, -0.2) is 4.79 Å². The second-order valence-electron chi connectivity index (χ2n) is 6.97. The van der Waals surface area contributed by atoms with Crippen molar-refractivity contribution in [2.75, 3.05) is 7.11 Å². The van der Waals surface area contributed by atoms with Crippen LogP contribution in [0.3, 0.4) is 0 Å². The van der Waals surface area contributed by atoms with Gasteiger partial charge in [0.15, 0.2) is 16.8 Å². The Kier molecular flexibility index (Phi) is 5.93. The third kappa shape index (κ3) is 3.98. The lowest BCUT2D eigenvalue weighted by molar-refractivity contribution is 0.0599. The summed E-state index contributed by atoms with van der Waals surface area (Å²) in [5.74, 6) is 0.185. The number of hydrogen-bond acceptors (Lipinski definition) is 6. The molecule has 0 aliphatic rings. The summed E-state index contributed by atoms with van der Waals surface area (Å²) in [4.78, 5) is 28.0. The van der Waals surface area contributed by atoms with Gasteiger partial charge in [-0.2, -0.15) is 0 Å². The van der Waals surface area contributed by atoms with Crippen molar-refractivity contribution in [1.29, 1.82) is 0 Å². The first-order valence-corrected chi connectivity index (χ1v) is 10.1. The predicted molar refractivity (Wildman–Crippen MR) is 112 cm³/mol. The number of ether oxygens (including phenoxy) is 1. The van der Waals surface area contributed by atoms with Gasteiger partial charge in [0.1, 0.15) is 0 Å². The number of thioether (sulfide) groups is 1. The zero-order valence-corrected chi connectivity index (χ0v) is 18.2. The van der Waals surface area contributed by atoms with Crippen molar-refractivity contribution < 1.29 is 14.3 Å². The Morgan fingerprint density at radius 3 is 2.41 bits per heavy atom. The molecule has 0 aliphatic carbocycles. The third-order valence-electron chi connectivity index (χ3n) is 4.87. The molecule has 0 amide bonds. The minimum absolute atomic E-state index is 0.106. The number of methoxy groups -OCH3 is 1. The number of benzene rings is 1. The molecule has 0 fully saturated rings. The highest BCUT2D eigenvalue weighted by atomic mass is 32.2. The van der Waals surface area contributed by atoms with E-state index in [4.69, 9.17) is 4.74 Å². The fourth-order valence-electron chi connectivity index (χ4n) is 3.19. The van der Waals surface area contributed by atoms with Crippen molar-refractivity contribution >= 4 is 23.5 Å². The van der Waals surface area contributed by atoms with Gasteiger partial charge in [0.2, 0.25) is 0 Å². The summed E-state index contributed by atoms with van der Waals surface area (Å²) in [7, 11) is 3.21. The van der Waals surface area contributed by atoms with E-state index < -0.39 is 11.2 Å². The zero-order chi connectivity index (χ0) is 21.3. The highest BCUT2D eigenvalue weighted by Crippen LogP contribution is 2.29. The molecule has 2 heterocycles. The van der Waals surface area contributed by atoms with Crippen LogP contribution in [-0.4, -0.2) is 43.9 Å². The first-order chi connectivity index (χ1) is 13.7. The number of aromatic nitrogens is 4. The van der Waals surface area contributed by atoms with Crippen LogP contribution in [0.1, 0.15) is 44.6 Å². The second-order valence-corrected chi connectivity index (χ2v) is 8.28. The number of ketones is 1. The van der Waals surface area contributed by atoms with Crippen LogP contribution in [0.15, 0.2) is 29.4 Å². The fraction of sp³-hybridized carbons (Fsp3) is 0.333. The lowest BCUT2D eigenvalue weighted by Crippen LogP contribution is -2.16. The summed E-state index contributed by atoms with van der Waals surface area (Å²) in [6, 6.07) is 8.06. The number of carbonyl (C=O) groups excluding carboxylic acids is 2. The summed E-state index contributed by atoms with van der Waals surface area (Å²) in [5, 5.41) is 8.78. The van der Waals surface area contributed by atoms with E-state index in [9.17, 15) is 9.59 Å². The Hall–Kier alpha value is -2.87. The molecular weight excluding hydrogens is 388 g/mol. The maximum atomic E-state index is 13.0. The highest BCUT2D eigenvalue weighted by molar-refractivity contribution is 8.00. The molecule has 3 aromatic rings. The topological polar surface area (TPSA) is 89.9 Å². The Balaban J connectivity index is 1.82. The van der Waals surface area contributed by atoms with Crippen molar-refractivity contribution in [2.45, 2.75) is 38.1 Å². The van der Waals surface area contributed by atoms with E-state index in [2.05, 4.69) is 15.2 Å². The molecule has 0 spiro atoms. The van der Waals surface area contributed by atoms with Crippen molar-refractivity contribution in [3.05, 3.63) is 52.3 Å². The molecule has 0 radical (unpaired) electrons. The molecule has 1 unspecified atom stereocenters. The average molecular weight is 413 g/mol. The van der Waals surface area contributed by atoms with Gasteiger partial charge in [0, 0.05) is 18.3 Å². The van der Waals surface area contributed by atoms with E-state index in [1.165, 1.54) is 24.4 Å². The van der Waals surface area contributed by atoms with Gasteiger partial charge in [-0.15, -0.1) is 10.2 Å². The molecule has 3 rings (SSSR count). The van der Waals surface area contributed by atoms with E-state index in [-0.39, 0.29) is 5.78 Å². The van der Waals surface area contributed by atoms with Gasteiger partial charge in [-0.3, -0.25) is 4.79 Å². The fourth-order valence-corrected chi connectivity index (χ4v) is 4.06. The summed E-state index contributed by atoms with van der Waals surface area (Å²) in [6.07, 6.45) is 0. The molecule has 1 atom stereocenters. The molecule has 7 nitrogen and oxygen atoms in total. The van der Waals surface area contributed by atoms with Crippen LogP contribution >= 0.6 is 11.8 Å². The minimum atomic E-state index is -0.452. The maximum Gasteiger partial charge on any atom is 0.339 e. The number of nitrogens with zero attached hydrogens (tertiary/aromatic N) is 3. The number of hydrogen-bond donors (Lipinski definition) is 1. The van der Waals surface area contributed by atoms with Gasteiger partial charge < -0.3 is 14.3 Å². The van der Waals surface area contributed by atoms with Crippen LogP contribution in [0.5, 0.6) is 0 Å². The molecule has 0 aliphatic heterocycles. The normalized spacial score (nSPS) is 12.1. The Labute approximate surface area is 173 Å². The quantitative estimate of drug-likeness (QED) is 0.375. The Bertz CT molecular complexity index is 1070. The first kappa shape index (κ1) is 20.9. The van der Waals surface area contributed by atoms with Crippen LogP contribution in [0, 0.1) is 20.8 Å². The van der Waals surface area contributed by atoms with Crippen LogP contribution in [-0.2, 0) is 11.8 Å². The van der Waals surface area contributed by atoms with E-state index in [1.54, 1.807) is 13.8 Å². The Morgan fingerprint density at radius 2 is 1.79 bits per heavy atom. The smallest absolute Gasteiger partial charge is 0.339 e. The monoisotopic (exact) mass is 412 g/mol. The number of nitrogens with one attached hydrogen (secondary N) is 1. The number of rotatable bonds is 6. The third-order valence-corrected chi connectivity index (χ3v) is 6.00. The number of aryl methyl sites for hydroxylation is 2. The van der Waals surface area contributed by atoms with Crippen LogP contribution in [0.2, 0.25) is 0 Å². The molecule has 0 bridgehead atoms. The second kappa shape index (κ2) is 8.24. The van der Waals surface area contributed by atoms with E-state index in [0.717, 1.165) is 11.4 Å². The summed E-state index contributed by atoms with van der Waals surface area (Å²) in [6.45, 7) is 7.36. The van der Waals surface area contributed by atoms with E-state index in [1.807, 2.05) is 49.7 Å². The lowest BCUT2D eigenvalue weighted by atomic mass is 10.1. The molecule has 29 heavy (non-hydrogen) atoms. The molecule has 0 saturated carbocycles. The predicted octanol–water partition coefficient (Wildman–Crippen LogP) is 3.89. The molecule has 2 aromatic heterocycles. The number of aromatic amines is 1. The molecule has 1 N–H and O–H groups in total. The number of esters is 1. The minimum Gasteiger partial charge on any atom is -0.465 e. The maximum absolute atomic E-state index is 13.0. The molecule has 1 aromatic carbocycles. The molecule has 8 heteroatoms. The van der Waals surface area contributed by atoms with Crippen molar-refractivity contribution in [2.24, 2.45) is 7.05 Å². The number of H-pyrrole nitrogens is 1.